The van der Waals surface area contributed by atoms with Gasteiger partial charge in [-0.3, -0.25) is 0 Å². The molecule has 0 amide bonds. The van der Waals surface area contributed by atoms with Gasteiger partial charge in [-0.15, -0.1) is 0 Å². The summed E-state index contributed by atoms with van der Waals surface area (Å²) in [7, 11) is 3.29. The Balaban J connectivity index is 2.00. The van der Waals surface area contributed by atoms with Crippen molar-refractivity contribution in [3.05, 3.63) is 41.5 Å². The lowest BCUT2D eigenvalue weighted by Gasteiger charge is -2.24. The molecule has 3 rings (SSSR count). The summed E-state index contributed by atoms with van der Waals surface area (Å²) in [6, 6.07) is 6.08. The van der Waals surface area contributed by atoms with Gasteiger partial charge in [0.15, 0.2) is 11.5 Å². The first kappa shape index (κ1) is 12.0. The lowest BCUT2D eigenvalue weighted by atomic mass is 9.97. The number of nitrogens with zero attached hydrogens (tertiary/aromatic N) is 1. The van der Waals surface area contributed by atoms with E-state index in [0.29, 0.717) is 0 Å². The first-order valence-corrected chi connectivity index (χ1v) is 6.31. The molecule has 0 unspecified atom stereocenters. The average molecular weight is 259 g/mol. The second-order valence-corrected chi connectivity index (χ2v) is 4.52. The summed E-state index contributed by atoms with van der Waals surface area (Å²) in [6.07, 6.45) is 2.74. The average Bonchev–Trinajstić information content (AvgIpc) is 2.94. The van der Waals surface area contributed by atoms with Crippen molar-refractivity contribution in [1.29, 1.82) is 0 Å². The predicted molar refractivity (Wildman–Crippen MR) is 71.7 cm³/mol. The van der Waals surface area contributed by atoms with Crippen LogP contribution in [0.15, 0.2) is 24.5 Å². The summed E-state index contributed by atoms with van der Waals surface area (Å²) in [5, 5.41) is 3.49. The third-order valence-electron chi connectivity index (χ3n) is 3.49. The van der Waals surface area contributed by atoms with Crippen LogP contribution in [0.25, 0.3) is 0 Å². The molecule has 1 atom stereocenters. The van der Waals surface area contributed by atoms with Gasteiger partial charge in [-0.2, -0.15) is 0 Å². The van der Waals surface area contributed by atoms with Crippen LogP contribution in [0.1, 0.15) is 23.0 Å². The minimum atomic E-state index is 0.106. The number of aromatic nitrogens is 2. The molecule has 1 aliphatic rings. The van der Waals surface area contributed by atoms with E-state index in [1.165, 1.54) is 5.69 Å². The zero-order chi connectivity index (χ0) is 13.2. The van der Waals surface area contributed by atoms with E-state index in [1.807, 2.05) is 18.2 Å². The van der Waals surface area contributed by atoms with Crippen LogP contribution in [0, 0.1) is 0 Å². The number of nitrogens with one attached hydrogen (secondary N) is 2. The van der Waals surface area contributed by atoms with Crippen molar-refractivity contribution in [2.24, 2.45) is 0 Å². The molecule has 1 aromatic heterocycles. The zero-order valence-electron chi connectivity index (χ0n) is 11.1. The maximum absolute atomic E-state index is 5.36. The number of rotatable bonds is 3. The number of fused-ring (bicyclic) bond motifs is 1. The lowest BCUT2D eigenvalue weighted by Crippen LogP contribution is -2.30. The summed E-state index contributed by atoms with van der Waals surface area (Å²) in [5.74, 6) is 1.48. The molecule has 0 spiro atoms. The Bertz CT molecular complexity index is 580. The Hall–Kier alpha value is -2.01. The van der Waals surface area contributed by atoms with Gasteiger partial charge >= 0.3 is 0 Å². The van der Waals surface area contributed by atoms with Crippen LogP contribution in [0.4, 0.5) is 0 Å². The molecule has 0 saturated carbocycles. The summed E-state index contributed by atoms with van der Waals surface area (Å²) in [5.41, 5.74) is 3.41. The standard InChI is InChI=1S/C14H17N3O2/c1-18-11-4-3-9(7-12(11)19-2)13-14-10(5-6-15-13)16-8-17-14/h3-4,7-8,13,15H,5-6H2,1-2H3,(H,16,17)/t13-/m1/s1. The Morgan fingerprint density at radius 1 is 1.21 bits per heavy atom. The number of H-pyrrole nitrogens is 1. The molecule has 2 N–H and O–H groups in total. The van der Waals surface area contributed by atoms with Gasteiger partial charge in [-0.05, 0) is 17.7 Å². The van der Waals surface area contributed by atoms with E-state index in [-0.39, 0.29) is 6.04 Å². The van der Waals surface area contributed by atoms with Gasteiger partial charge in [-0.1, -0.05) is 6.07 Å². The van der Waals surface area contributed by atoms with E-state index in [0.717, 1.165) is 35.7 Å². The second kappa shape index (κ2) is 4.93. The number of ether oxygens (including phenoxy) is 2. The van der Waals surface area contributed by atoms with E-state index in [9.17, 15) is 0 Å². The second-order valence-electron chi connectivity index (χ2n) is 4.52. The van der Waals surface area contributed by atoms with Crippen molar-refractivity contribution in [2.45, 2.75) is 12.5 Å². The molecular formula is C14H17N3O2. The molecule has 2 aromatic rings. The summed E-state index contributed by atoms with van der Waals surface area (Å²) >= 11 is 0. The van der Waals surface area contributed by atoms with E-state index < -0.39 is 0 Å². The van der Waals surface area contributed by atoms with E-state index >= 15 is 0 Å². The summed E-state index contributed by atoms with van der Waals surface area (Å²) in [6.45, 7) is 0.939. The smallest absolute Gasteiger partial charge is 0.161 e. The minimum absolute atomic E-state index is 0.106. The summed E-state index contributed by atoms with van der Waals surface area (Å²) < 4.78 is 10.6. The Morgan fingerprint density at radius 3 is 2.84 bits per heavy atom. The molecule has 5 nitrogen and oxygen atoms in total. The molecule has 0 bridgehead atoms. The van der Waals surface area contributed by atoms with Crippen molar-refractivity contribution < 1.29 is 9.47 Å². The van der Waals surface area contributed by atoms with Gasteiger partial charge in [0.05, 0.1) is 32.3 Å². The van der Waals surface area contributed by atoms with E-state index in [1.54, 1.807) is 20.5 Å². The third-order valence-corrected chi connectivity index (χ3v) is 3.49. The van der Waals surface area contributed by atoms with Gasteiger partial charge < -0.3 is 19.8 Å². The Kier molecular flexibility index (Phi) is 3.13. The maximum Gasteiger partial charge on any atom is 0.161 e. The van der Waals surface area contributed by atoms with Gasteiger partial charge in [0.2, 0.25) is 0 Å². The molecular weight excluding hydrogens is 242 g/mol. The molecule has 1 aliphatic heterocycles. The normalized spacial score (nSPS) is 17.9. The molecule has 5 heteroatoms. The Labute approximate surface area is 112 Å². The monoisotopic (exact) mass is 259 g/mol. The van der Waals surface area contributed by atoms with Crippen LogP contribution in [-0.4, -0.2) is 30.7 Å². The van der Waals surface area contributed by atoms with Gasteiger partial charge in [0.25, 0.3) is 0 Å². The van der Waals surface area contributed by atoms with Crippen LogP contribution >= 0.6 is 0 Å². The first-order chi connectivity index (χ1) is 9.33. The first-order valence-electron chi connectivity index (χ1n) is 6.31. The molecule has 2 heterocycles. The minimum Gasteiger partial charge on any atom is -0.493 e. The topological polar surface area (TPSA) is 59.2 Å². The molecule has 0 fully saturated rings. The predicted octanol–water partition coefficient (Wildman–Crippen LogP) is 1.66. The van der Waals surface area contributed by atoms with Crippen molar-refractivity contribution in [3.63, 3.8) is 0 Å². The Morgan fingerprint density at radius 2 is 2.05 bits per heavy atom. The number of hydrogen-bond acceptors (Lipinski definition) is 4. The highest BCUT2D eigenvalue weighted by atomic mass is 16.5. The number of benzene rings is 1. The highest BCUT2D eigenvalue weighted by Crippen LogP contribution is 2.33. The van der Waals surface area contributed by atoms with Gasteiger partial charge in [-0.25, -0.2) is 4.98 Å². The largest absolute Gasteiger partial charge is 0.493 e. The highest BCUT2D eigenvalue weighted by molar-refractivity contribution is 5.46. The molecule has 0 saturated heterocycles. The maximum atomic E-state index is 5.36. The van der Waals surface area contributed by atoms with E-state index in [4.69, 9.17) is 9.47 Å². The summed E-state index contributed by atoms with van der Waals surface area (Å²) in [4.78, 5) is 7.62. The van der Waals surface area contributed by atoms with Crippen molar-refractivity contribution in [3.8, 4) is 11.5 Å². The SMILES string of the molecule is COc1ccc([C@H]2NCCc3[nH]cnc32)cc1OC. The van der Waals surface area contributed by atoms with Gasteiger partial charge in [0, 0.05) is 18.7 Å². The zero-order valence-corrected chi connectivity index (χ0v) is 11.1. The highest BCUT2D eigenvalue weighted by Gasteiger charge is 2.24. The van der Waals surface area contributed by atoms with Crippen molar-refractivity contribution in [1.82, 2.24) is 15.3 Å². The molecule has 100 valence electrons. The van der Waals surface area contributed by atoms with Crippen molar-refractivity contribution >= 4 is 0 Å². The van der Waals surface area contributed by atoms with Crippen LogP contribution < -0.4 is 14.8 Å². The van der Waals surface area contributed by atoms with E-state index in [2.05, 4.69) is 15.3 Å². The number of imidazole rings is 1. The molecule has 19 heavy (non-hydrogen) atoms. The fourth-order valence-corrected chi connectivity index (χ4v) is 2.53. The van der Waals surface area contributed by atoms with Crippen LogP contribution in [0.3, 0.4) is 0 Å². The number of hydrogen-bond donors (Lipinski definition) is 2. The fourth-order valence-electron chi connectivity index (χ4n) is 2.53. The lowest BCUT2D eigenvalue weighted by molar-refractivity contribution is 0.354. The quantitative estimate of drug-likeness (QED) is 0.880. The molecule has 1 aromatic carbocycles. The van der Waals surface area contributed by atoms with Crippen LogP contribution in [0.5, 0.6) is 11.5 Å². The fraction of sp³-hybridized carbons (Fsp3) is 0.357. The third kappa shape index (κ3) is 2.06. The van der Waals surface area contributed by atoms with Crippen LogP contribution in [0.2, 0.25) is 0 Å². The van der Waals surface area contributed by atoms with Crippen LogP contribution in [-0.2, 0) is 6.42 Å². The molecule has 0 radical (unpaired) electrons. The number of methoxy groups -OCH3 is 2. The van der Waals surface area contributed by atoms with Gasteiger partial charge in [0.1, 0.15) is 0 Å². The molecule has 0 aliphatic carbocycles. The van der Waals surface area contributed by atoms with Crippen molar-refractivity contribution in [2.75, 3.05) is 20.8 Å². The number of aromatic amines is 1.